The van der Waals surface area contributed by atoms with E-state index in [2.05, 4.69) is 20.8 Å². The van der Waals surface area contributed by atoms with Crippen LogP contribution in [0.1, 0.15) is 50.4 Å². The van der Waals surface area contributed by atoms with Crippen molar-refractivity contribution < 1.29 is 19.1 Å². The zero-order valence-corrected chi connectivity index (χ0v) is 15.7. The first-order valence-electron chi connectivity index (χ1n) is 8.69. The Morgan fingerprint density at radius 1 is 1.32 bits per heavy atom. The summed E-state index contributed by atoms with van der Waals surface area (Å²) in [5.74, 6) is 0.142. The Kier molecular flexibility index (Phi) is 6.71. The molecule has 1 saturated carbocycles. The van der Waals surface area contributed by atoms with Crippen LogP contribution in [0.2, 0.25) is 5.02 Å². The van der Waals surface area contributed by atoms with E-state index in [1.165, 1.54) is 12.1 Å². The molecule has 1 fully saturated rings. The number of benzene rings is 1. The molecule has 1 aromatic rings. The van der Waals surface area contributed by atoms with Crippen LogP contribution in [0.4, 0.5) is 5.69 Å². The molecule has 0 unspecified atom stereocenters. The first kappa shape index (κ1) is 19.6. The normalized spacial score (nSPS) is 23.3. The molecule has 0 radical (unpaired) electrons. The minimum atomic E-state index is -0.663. The van der Waals surface area contributed by atoms with Gasteiger partial charge in [0.15, 0.2) is 6.61 Å². The highest BCUT2D eigenvalue weighted by molar-refractivity contribution is 6.31. The van der Waals surface area contributed by atoms with Gasteiger partial charge in [0.1, 0.15) is 6.10 Å². The van der Waals surface area contributed by atoms with Gasteiger partial charge in [-0.15, -0.1) is 0 Å². The summed E-state index contributed by atoms with van der Waals surface area (Å²) in [6.45, 7) is 6.03. The van der Waals surface area contributed by atoms with Crippen molar-refractivity contribution in [3.05, 3.63) is 28.8 Å². The largest absolute Gasteiger partial charge is 0.460 e. The van der Waals surface area contributed by atoms with Gasteiger partial charge in [-0.05, 0) is 48.8 Å². The maximum atomic E-state index is 12.1. The predicted molar refractivity (Wildman–Crippen MR) is 97.4 cm³/mol. The summed E-state index contributed by atoms with van der Waals surface area (Å²) in [6.07, 6.45) is 2.95. The third-order valence-electron chi connectivity index (χ3n) is 4.80. The number of rotatable bonds is 5. The third-order valence-corrected chi connectivity index (χ3v) is 5.03. The van der Waals surface area contributed by atoms with Crippen LogP contribution in [-0.4, -0.2) is 24.6 Å². The number of carbonyl (C=O) groups excluding carboxylic acids is 2. The highest BCUT2D eigenvalue weighted by Crippen LogP contribution is 2.35. The maximum Gasteiger partial charge on any atom is 0.344 e. The fraction of sp³-hybridized carbons (Fsp3) is 0.579. The minimum absolute atomic E-state index is 0.115. The van der Waals surface area contributed by atoms with E-state index in [1.807, 2.05) is 0 Å². The van der Waals surface area contributed by atoms with Gasteiger partial charge in [-0.1, -0.05) is 38.8 Å². The molecule has 0 aromatic heterocycles. The molecule has 1 aliphatic rings. The smallest absolute Gasteiger partial charge is 0.344 e. The van der Waals surface area contributed by atoms with Crippen LogP contribution in [0, 0.1) is 17.8 Å². The van der Waals surface area contributed by atoms with Crippen molar-refractivity contribution in [3.8, 4) is 0 Å². The number of nitrogen functional groups attached to an aromatic ring is 1. The van der Waals surface area contributed by atoms with E-state index in [0.29, 0.717) is 22.8 Å². The zero-order chi connectivity index (χ0) is 18.6. The van der Waals surface area contributed by atoms with E-state index >= 15 is 0 Å². The quantitative estimate of drug-likeness (QED) is 0.626. The molecule has 1 aromatic carbocycles. The summed E-state index contributed by atoms with van der Waals surface area (Å²) in [5.41, 5.74) is 6.14. The van der Waals surface area contributed by atoms with Crippen molar-refractivity contribution in [2.75, 3.05) is 12.3 Å². The van der Waals surface area contributed by atoms with Gasteiger partial charge in [-0.25, -0.2) is 9.59 Å². The second-order valence-corrected chi connectivity index (χ2v) is 7.60. The topological polar surface area (TPSA) is 78.6 Å². The number of esters is 2. The molecule has 5 nitrogen and oxygen atoms in total. The van der Waals surface area contributed by atoms with Crippen LogP contribution < -0.4 is 5.73 Å². The summed E-state index contributed by atoms with van der Waals surface area (Å²) >= 11 is 5.80. The second kappa shape index (κ2) is 8.56. The van der Waals surface area contributed by atoms with Gasteiger partial charge in [0, 0.05) is 10.7 Å². The van der Waals surface area contributed by atoms with E-state index in [-0.39, 0.29) is 17.4 Å². The highest BCUT2D eigenvalue weighted by atomic mass is 35.5. The lowest BCUT2D eigenvalue weighted by Gasteiger charge is -2.36. The molecule has 0 amide bonds. The van der Waals surface area contributed by atoms with Crippen molar-refractivity contribution in [2.45, 2.75) is 46.1 Å². The molecule has 1 aliphatic carbocycles. The van der Waals surface area contributed by atoms with Crippen molar-refractivity contribution in [1.29, 1.82) is 0 Å². The van der Waals surface area contributed by atoms with E-state index in [1.54, 1.807) is 6.07 Å². The Hall–Kier alpha value is -1.75. The number of hydrogen-bond acceptors (Lipinski definition) is 5. The number of nitrogens with two attached hydrogens (primary N) is 1. The molecular formula is C19H26ClNO4. The molecular weight excluding hydrogens is 342 g/mol. The Morgan fingerprint density at radius 3 is 2.68 bits per heavy atom. The summed E-state index contributed by atoms with van der Waals surface area (Å²) in [6, 6.07) is 4.49. The lowest BCUT2D eigenvalue weighted by molar-refractivity contribution is -0.159. The van der Waals surface area contributed by atoms with Gasteiger partial charge in [0.25, 0.3) is 0 Å². The number of ether oxygens (including phenoxy) is 2. The fourth-order valence-electron chi connectivity index (χ4n) is 3.37. The van der Waals surface area contributed by atoms with Crippen molar-refractivity contribution in [2.24, 2.45) is 17.8 Å². The van der Waals surface area contributed by atoms with Crippen LogP contribution >= 0.6 is 11.6 Å². The van der Waals surface area contributed by atoms with Crippen molar-refractivity contribution in [1.82, 2.24) is 0 Å². The number of carbonyl (C=O) groups is 2. The van der Waals surface area contributed by atoms with E-state index in [4.69, 9.17) is 26.8 Å². The van der Waals surface area contributed by atoms with Crippen LogP contribution in [0.15, 0.2) is 18.2 Å². The van der Waals surface area contributed by atoms with E-state index in [9.17, 15) is 9.59 Å². The highest BCUT2D eigenvalue weighted by Gasteiger charge is 2.33. The molecule has 0 spiro atoms. The minimum Gasteiger partial charge on any atom is -0.460 e. The molecule has 6 heteroatoms. The van der Waals surface area contributed by atoms with Crippen LogP contribution in [0.5, 0.6) is 0 Å². The summed E-state index contributed by atoms with van der Waals surface area (Å²) in [4.78, 5) is 24.2. The van der Waals surface area contributed by atoms with Gasteiger partial charge in [0.05, 0.1) is 5.56 Å². The Bertz CT molecular complexity index is 632. The average molecular weight is 368 g/mol. The van der Waals surface area contributed by atoms with Gasteiger partial charge in [0.2, 0.25) is 0 Å². The van der Waals surface area contributed by atoms with Gasteiger partial charge in [-0.3, -0.25) is 0 Å². The van der Waals surface area contributed by atoms with Crippen LogP contribution in [-0.2, 0) is 14.3 Å². The Balaban J connectivity index is 1.90. The number of anilines is 1. The molecule has 2 rings (SSSR count). The summed E-state index contributed by atoms with van der Waals surface area (Å²) in [5, 5.41) is 0.430. The molecule has 0 saturated heterocycles. The Labute approximate surface area is 153 Å². The average Bonchev–Trinajstić information content (AvgIpc) is 2.52. The third kappa shape index (κ3) is 5.36. The van der Waals surface area contributed by atoms with Gasteiger partial charge in [-0.2, -0.15) is 0 Å². The molecule has 0 aliphatic heterocycles. The van der Waals surface area contributed by atoms with Gasteiger partial charge >= 0.3 is 11.9 Å². The molecule has 138 valence electrons. The van der Waals surface area contributed by atoms with Crippen molar-refractivity contribution in [3.63, 3.8) is 0 Å². The number of hydrogen-bond donors (Lipinski definition) is 1. The van der Waals surface area contributed by atoms with E-state index < -0.39 is 18.5 Å². The number of halogens is 1. The zero-order valence-electron chi connectivity index (χ0n) is 15.0. The summed E-state index contributed by atoms with van der Waals surface area (Å²) in [7, 11) is 0. The molecule has 2 N–H and O–H groups in total. The predicted octanol–water partition coefficient (Wildman–Crippen LogP) is 4.08. The lowest BCUT2D eigenvalue weighted by Crippen LogP contribution is -2.36. The lowest BCUT2D eigenvalue weighted by atomic mass is 9.75. The Morgan fingerprint density at radius 2 is 2.04 bits per heavy atom. The first-order chi connectivity index (χ1) is 11.8. The monoisotopic (exact) mass is 367 g/mol. The van der Waals surface area contributed by atoms with Gasteiger partial charge < -0.3 is 15.2 Å². The van der Waals surface area contributed by atoms with E-state index in [0.717, 1.165) is 19.3 Å². The van der Waals surface area contributed by atoms with Crippen molar-refractivity contribution >= 4 is 29.2 Å². The molecule has 3 atom stereocenters. The molecule has 0 bridgehead atoms. The fourth-order valence-corrected chi connectivity index (χ4v) is 3.56. The summed E-state index contributed by atoms with van der Waals surface area (Å²) < 4.78 is 10.6. The second-order valence-electron chi connectivity index (χ2n) is 7.16. The van der Waals surface area contributed by atoms with Crippen LogP contribution in [0.25, 0.3) is 0 Å². The SMILES string of the molecule is CC(C)[C@@H]1CC[C@@H](C)C[C@@H]1OC(=O)COC(=O)c1ccc(Cl)cc1N. The van der Waals surface area contributed by atoms with Crippen LogP contribution in [0.3, 0.4) is 0 Å². The maximum absolute atomic E-state index is 12.1. The first-order valence-corrected chi connectivity index (χ1v) is 9.07. The standard InChI is InChI=1S/C19H26ClNO4/c1-11(2)14-6-4-12(3)8-17(14)25-18(22)10-24-19(23)15-7-5-13(20)9-16(15)21/h5,7,9,11-12,14,17H,4,6,8,10,21H2,1-3H3/t12-,14+,17+/m1/s1. The molecule has 25 heavy (non-hydrogen) atoms. The molecule has 0 heterocycles.